The van der Waals surface area contributed by atoms with Crippen LogP contribution in [0.15, 0.2) is 78.5 Å². The molecule has 0 spiro atoms. The summed E-state index contributed by atoms with van der Waals surface area (Å²) >= 11 is 0. The van der Waals surface area contributed by atoms with Crippen molar-refractivity contribution in [3.8, 4) is 0 Å². The van der Waals surface area contributed by atoms with Crippen molar-refractivity contribution in [1.82, 2.24) is 14.8 Å². The molecule has 29 heavy (non-hydrogen) atoms. The highest BCUT2D eigenvalue weighted by molar-refractivity contribution is 5.96. The summed E-state index contributed by atoms with van der Waals surface area (Å²) in [5.41, 5.74) is 11.8. The molecule has 0 bridgehead atoms. The molecule has 0 radical (unpaired) electrons. The van der Waals surface area contributed by atoms with E-state index in [0.29, 0.717) is 25.2 Å². The zero-order valence-electron chi connectivity index (χ0n) is 16.7. The lowest BCUT2D eigenvalue weighted by Gasteiger charge is -2.30. The Labute approximate surface area is 171 Å². The number of amides is 1. The molecular weight excluding hydrogens is 360 g/mol. The molecule has 0 saturated heterocycles. The molecule has 148 valence electrons. The highest BCUT2D eigenvalue weighted by Crippen LogP contribution is 2.29. The van der Waals surface area contributed by atoms with Crippen LogP contribution in [0.5, 0.6) is 0 Å². The summed E-state index contributed by atoms with van der Waals surface area (Å²) in [6, 6.07) is 9.80. The highest BCUT2D eigenvalue weighted by Gasteiger charge is 2.25. The number of carbonyl (C=O) groups excluding carboxylic acids is 1. The van der Waals surface area contributed by atoms with Gasteiger partial charge in [0.25, 0.3) is 5.91 Å². The number of allylic oxidation sites excluding steroid dienone is 2. The molecule has 5 nitrogen and oxygen atoms in total. The number of carbonyl (C=O) groups is 1. The number of rotatable bonds is 4. The van der Waals surface area contributed by atoms with E-state index in [1.54, 1.807) is 6.20 Å². The summed E-state index contributed by atoms with van der Waals surface area (Å²) in [4.78, 5) is 21.6. The molecule has 5 heteroatoms. The fourth-order valence-electron chi connectivity index (χ4n) is 3.79. The van der Waals surface area contributed by atoms with E-state index in [1.807, 2.05) is 42.3 Å². The van der Waals surface area contributed by atoms with E-state index in [9.17, 15) is 4.79 Å². The fourth-order valence-corrected chi connectivity index (χ4v) is 3.79. The molecule has 2 aliphatic heterocycles. The maximum absolute atomic E-state index is 13.4. The van der Waals surface area contributed by atoms with Crippen LogP contribution in [0.4, 0.5) is 0 Å². The third-order valence-corrected chi connectivity index (χ3v) is 5.41. The molecule has 1 amide bonds. The Morgan fingerprint density at radius 3 is 2.93 bits per heavy atom. The Bertz CT molecular complexity index is 991. The number of fused-ring (bicyclic) bond motifs is 1. The van der Waals surface area contributed by atoms with Crippen LogP contribution >= 0.6 is 0 Å². The van der Waals surface area contributed by atoms with Crippen LogP contribution in [0.1, 0.15) is 39.9 Å². The van der Waals surface area contributed by atoms with Gasteiger partial charge in [-0.25, -0.2) is 0 Å². The molecule has 1 aromatic heterocycles. The van der Waals surface area contributed by atoms with Gasteiger partial charge < -0.3 is 15.5 Å². The Hall–Kier alpha value is -3.18. The normalized spacial score (nSPS) is 16.1. The maximum atomic E-state index is 13.4. The molecule has 1 aromatic carbocycles. The van der Waals surface area contributed by atoms with Crippen LogP contribution in [-0.2, 0) is 13.1 Å². The summed E-state index contributed by atoms with van der Waals surface area (Å²) in [6.45, 7) is 3.91. The van der Waals surface area contributed by atoms with Gasteiger partial charge in [-0.1, -0.05) is 18.2 Å². The lowest BCUT2D eigenvalue weighted by molar-refractivity contribution is 0.0807. The lowest BCUT2D eigenvalue weighted by atomic mass is 10.0. The van der Waals surface area contributed by atoms with Crippen LogP contribution < -0.4 is 5.73 Å². The SMILES string of the molecule is Cc1cc(C(=O)N2CCCC=C3C=CN(Cc4cccnc4)C=C32)ccc1CN. The van der Waals surface area contributed by atoms with Gasteiger partial charge in [0.1, 0.15) is 0 Å². The second kappa shape index (κ2) is 8.45. The minimum atomic E-state index is 0.0346. The maximum Gasteiger partial charge on any atom is 0.258 e. The minimum Gasteiger partial charge on any atom is -0.348 e. The summed E-state index contributed by atoms with van der Waals surface area (Å²) in [6.07, 6.45) is 14.0. The van der Waals surface area contributed by atoms with E-state index in [2.05, 4.69) is 40.5 Å². The van der Waals surface area contributed by atoms with Crippen LogP contribution in [0.2, 0.25) is 0 Å². The number of aryl methyl sites for hydroxylation is 1. The predicted octanol–water partition coefficient (Wildman–Crippen LogP) is 3.88. The second-order valence-corrected chi connectivity index (χ2v) is 7.47. The minimum absolute atomic E-state index is 0.0346. The quantitative estimate of drug-likeness (QED) is 0.866. The number of hydrogen-bond donors (Lipinski definition) is 1. The Morgan fingerprint density at radius 1 is 1.28 bits per heavy atom. The Kier molecular flexibility index (Phi) is 5.58. The van der Waals surface area contributed by atoms with Gasteiger partial charge in [-0.2, -0.15) is 0 Å². The fraction of sp³-hybridized carbons (Fsp3) is 0.250. The van der Waals surface area contributed by atoms with E-state index in [4.69, 9.17) is 5.73 Å². The first-order valence-corrected chi connectivity index (χ1v) is 10.0. The standard InChI is InChI=1S/C24H26N4O/c1-18-13-21(7-8-22(18)14-25)24(29)28-11-3-2-6-20-9-12-27(17-23(20)28)16-19-5-4-10-26-15-19/h4-10,12-13,15,17H,2-3,11,14,16,25H2,1H3. The molecule has 0 aliphatic carbocycles. The number of aromatic nitrogens is 1. The van der Waals surface area contributed by atoms with Crippen molar-refractivity contribution in [1.29, 1.82) is 0 Å². The molecule has 2 N–H and O–H groups in total. The van der Waals surface area contributed by atoms with Crippen molar-refractivity contribution in [2.45, 2.75) is 32.9 Å². The van der Waals surface area contributed by atoms with E-state index in [1.165, 1.54) is 0 Å². The van der Waals surface area contributed by atoms with Crippen molar-refractivity contribution < 1.29 is 4.79 Å². The number of nitrogens with zero attached hydrogens (tertiary/aromatic N) is 3. The number of pyridine rings is 1. The molecule has 2 aliphatic rings. The lowest BCUT2D eigenvalue weighted by Crippen LogP contribution is -2.33. The van der Waals surface area contributed by atoms with Crippen LogP contribution in [0.25, 0.3) is 0 Å². The smallest absolute Gasteiger partial charge is 0.258 e. The average Bonchev–Trinajstić information content (AvgIpc) is 2.96. The largest absolute Gasteiger partial charge is 0.348 e. The van der Waals surface area contributed by atoms with Crippen LogP contribution in [0.3, 0.4) is 0 Å². The van der Waals surface area contributed by atoms with Gasteiger partial charge in [0.15, 0.2) is 0 Å². The van der Waals surface area contributed by atoms with Crippen LogP contribution in [0, 0.1) is 6.92 Å². The van der Waals surface area contributed by atoms with Gasteiger partial charge in [-0.05, 0) is 66.3 Å². The molecular formula is C24H26N4O. The first kappa shape index (κ1) is 19.2. The molecule has 3 heterocycles. The van der Waals surface area contributed by atoms with E-state index >= 15 is 0 Å². The van der Waals surface area contributed by atoms with Gasteiger partial charge in [-0.3, -0.25) is 9.78 Å². The molecule has 0 unspecified atom stereocenters. The third-order valence-electron chi connectivity index (χ3n) is 5.41. The van der Waals surface area contributed by atoms with Gasteiger partial charge in [-0.15, -0.1) is 0 Å². The van der Waals surface area contributed by atoms with Gasteiger partial charge in [0, 0.05) is 50.0 Å². The van der Waals surface area contributed by atoms with E-state index in [0.717, 1.165) is 40.8 Å². The molecule has 0 saturated carbocycles. The van der Waals surface area contributed by atoms with E-state index < -0.39 is 0 Å². The molecule has 2 aromatic rings. The number of benzene rings is 1. The van der Waals surface area contributed by atoms with E-state index in [-0.39, 0.29) is 5.91 Å². The third kappa shape index (κ3) is 4.15. The summed E-state index contributed by atoms with van der Waals surface area (Å²) < 4.78 is 0. The zero-order chi connectivity index (χ0) is 20.2. The topological polar surface area (TPSA) is 62.5 Å². The summed E-state index contributed by atoms with van der Waals surface area (Å²) in [5, 5.41) is 0. The highest BCUT2D eigenvalue weighted by atomic mass is 16.2. The van der Waals surface area contributed by atoms with Crippen molar-refractivity contribution in [3.63, 3.8) is 0 Å². The predicted molar refractivity (Wildman–Crippen MR) is 114 cm³/mol. The summed E-state index contributed by atoms with van der Waals surface area (Å²) in [5.74, 6) is 0.0346. The molecule has 4 rings (SSSR count). The van der Waals surface area contributed by atoms with Gasteiger partial charge >= 0.3 is 0 Å². The molecule has 0 fully saturated rings. The zero-order valence-corrected chi connectivity index (χ0v) is 16.7. The number of nitrogens with two attached hydrogens (primary N) is 1. The molecule has 0 atom stereocenters. The first-order chi connectivity index (χ1) is 14.2. The Morgan fingerprint density at radius 2 is 2.17 bits per heavy atom. The summed E-state index contributed by atoms with van der Waals surface area (Å²) in [7, 11) is 0. The van der Waals surface area contributed by atoms with Crippen molar-refractivity contribution in [2.75, 3.05) is 6.54 Å². The Balaban J connectivity index is 1.63. The number of hydrogen-bond acceptors (Lipinski definition) is 4. The van der Waals surface area contributed by atoms with Gasteiger partial charge in [0.05, 0.1) is 5.70 Å². The van der Waals surface area contributed by atoms with Crippen LogP contribution in [-0.4, -0.2) is 27.2 Å². The second-order valence-electron chi connectivity index (χ2n) is 7.47. The average molecular weight is 386 g/mol. The monoisotopic (exact) mass is 386 g/mol. The van der Waals surface area contributed by atoms with Gasteiger partial charge in [0.2, 0.25) is 0 Å². The van der Waals surface area contributed by atoms with Crippen molar-refractivity contribution in [3.05, 3.63) is 101 Å². The first-order valence-electron chi connectivity index (χ1n) is 10.0. The van der Waals surface area contributed by atoms with Crippen molar-refractivity contribution in [2.24, 2.45) is 5.73 Å². The van der Waals surface area contributed by atoms with Crippen molar-refractivity contribution >= 4 is 5.91 Å².